The lowest BCUT2D eigenvalue weighted by molar-refractivity contribution is 0.331. The number of rotatable bonds is 5. The van der Waals surface area contributed by atoms with Crippen LogP contribution in [0.4, 0.5) is 0 Å². The molecule has 0 rings (SSSR count). The van der Waals surface area contributed by atoms with Gasteiger partial charge in [-0.1, -0.05) is 60.3 Å². The Hall–Kier alpha value is 0. The predicted octanol–water partition coefficient (Wildman–Crippen LogP) is 4.64. The first-order valence-corrected chi connectivity index (χ1v) is 5.49. The maximum atomic E-state index is 2.33. The van der Waals surface area contributed by atoms with Crippen LogP contribution in [-0.2, 0) is 0 Å². The largest absolute Gasteiger partial charge is 0.0651 e. The van der Waals surface area contributed by atoms with Gasteiger partial charge in [-0.05, 0) is 17.8 Å². The normalized spacial score (nSPS) is 12.5. The van der Waals surface area contributed by atoms with E-state index in [1.807, 2.05) is 0 Å². The molecule has 0 saturated carbocycles. The quantitative estimate of drug-likeness (QED) is 0.564. The second kappa shape index (κ2) is 5.61. The first kappa shape index (κ1) is 12.0. The molecule has 12 heavy (non-hydrogen) atoms. The average Bonchev–Trinajstić information content (AvgIpc) is 1.96. The van der Waals surface area contributed by atoms with E-state index in [4.69, 9.17) is 0 Å². The van der Waals surface area contributed by atoms with Crippen LogP contribution in [0.3, 0.4) is 0 Å². The molecule has 0 unspecified atom stereocenters. The molecule has 0 bridgehead atoms. The molecule has 0 atom stereocenters. The maximum absolute atomic E-state index is 2.33. The first-order valence-electron chi connectivity index (χ1n) is 5.49. The van der Waals surface area contributed by atoms with Crippen LogP contribution >= 0.6 is 0 Å². The fraction of sp³-hybridized carbons (Fsp3) is 1.00. The fourth-order valence-electron chi connectivity index (χ4n) is 1.62. The summed E-state index contributed by atoms with van der Waals surface area (Å²) in [4.78, 5) is 0. The number of hydrogen-bond donors (Lipinski definition) is 0. The number of hydrogen-bond acceptors (Lipinski definition) is 0. The predicted molar refractivity (Wildman–Crippen MR) is 57.4 cm³/mol. The SMILES string of the molecule is CCC(CC)CCCC(C)(C)C. The van der Waals surface area contributed by atoms with Crippen LogP contribution < -0.4 is 0 Å². The van der Waals surface area contributed by atoms with Crippen LogP contribution in [-0.4, -0.2) is 0 Å². The van der Waals surface area contributed by atoms with Crippen LogP contribution in [0.25, 0.3) is 0 Å². The highest BCUT2D eigenvalue weighted by atomic mass is 14.2. The first-order chi connectivity index (χ1) is 5.49. The Kier molecular flexibility index (Phi) is 5.61. The molecule has 0 aromatic carbocycles. The molecular weight excluding hydrogens is 144 g/mol. The van der Waals surface area contributed by atoms with E-state index in [0.29, 0.717) is 5.41 Å². The van der Waals surface area contributed by atoms with Crippen LogP contribution in [0, 0.1) is 11.3 Å². The third kappa shape index (κ3) is 6.69. The van der Waals surface area contributed by atoms with Gasteiger partial charge in [0.25, 0.3) is 0 Å². The van der Waals surface area contributed by atoms with Crippen molar-refractivity contribution in [2.24, 2.45) is 11.3 Å². The van der Waals surface area contributed by atoms with Crippen LogP contribution in [0.2, 0.25) is 0 Å². The highest BCUT2D eigenvalue weighted by Gasteiger charge is 2.10. The molecule has 0 heterocycles. The average molecular weight is 170 g/mol. The van der Waals surface area contributed by atoms with Crippen molar-refractivity contribution in [3.8, 4) is 0 Å². The molecule has 0 N–H and O–H groups in total. The molecule has 0 nitrogen and oxygen atoms in total. The fourth-order valence-corrected chi connectivity index (χ4v) is 1.62. The minimum atomic E-state index is 0.534. The van der Waals surface area contributed by atoms with Crippen LogP contribution in [0.5, 0.6) is 0 Å². The summed E-state index contributed by atoms with van der Waals surface area (Å²) in [5.41, 5.74) is 0.534. The molecule has 74 valence electrons. The van der Waals surface area contributed by atoms with Crippen molar-refractivity contribution in [3.05, 3.63) is 0 Å². The molecule has 0 spiro atoms. The minimum absolute atomic E-state index is 0.534. The van der Waals surface area contributed by atoms with Crippen LogP contribution in [0.1, 0.15) is 66.7 Å². The zero-order valence-electron chi connectivity index (χ0n) is 9.61. The highest BCUT2D eigenvalue weighted by Crippen LogP contribution is 2.24. The van der Waals surface area contributed by atoms with E-state index in [2.05, 4.69) is 34.6 Å². The second-order valence-corrected chi connectivity index (χ2v) is 5.14. The lowest BCUT2D eigenvalue weighted by Crippen LogP contribution is -2.06. The van der Waals surface area contributed by atoms with E-state index in [0.717, 1.165) is 5.92 Å². The molecule has 0 aliphatic carbocycles. The summed E-state index contributed by atoms with van der Waals surface area (Å²) >= 11 is 0. The van der Waals surface area contributed by atoms with Crippen molar-refractivity contribution in [2.45, 2.75) is 66.7 Å². The summed E-state index contributed by atoms with van der Waals surface area (Å²) in [5.74, 6) is 0.979. The van der Waals surface area contributed by atoms with E-state index in [1.54, 1.807) is 0 Å². The lowest BCUT2D eigenvalue weighted by atomic mass is 9.87. The zero-order chi connectivity index (χ0) is 9.61. The Morgan fingerprint density at radius 3 is 1.83 bits per heavy atom. The van der Waals surface area contributed by atoms with Gasteiger partial charge in [0.2, 0.25) is 0 Å². The van der Waals surface area contributed by atoms with E-state index < -0.39 is 0 Å². The van der Waals surface area contributed by atoms with Gasteiger partial charge in [-0.15, -0.1) is 0 Å². The molecule has 0 fully saturated rings. The van der Waals surface area contributed by atoms with Gasteiger partial charge in [0.05, 0.1) is 0 Å². The summed E-state index contributed by atoms with van der Waals surface area (Å²) in [5, 5.41) is 0. The Bertz CT molecular complexity index is 93.1. The zero-order valence-corrected chi connectivity index (χ0v) is 9.61. The lowest BCUT2D eigenvalue weighted by Gasteiger charge is -2.19. The van der Waals surface area contributed by atoms with E-state index in [9.17, 15) is 0 Å². The van der Waals surface area contributed by atoms with E-state index in [-0.39, 0.29) is 0 Å². The van der Waals surface area contributed by atoms with Crippen molar-refractivity contribution in [2.75, 3.05) is 0 Å². The maximum Gasteiger partial charge on any atom is -0.0383 e. The Morgan fingerprint density at radius 1 is 1.00 bits per heavy atom. The van der Waals surface area contributed by atoms with Crippen molar-refractivity contribution in [3.63, 3.8) is 0 Å². The molecule has 0 aromatic rings. The summed E-state index contributed by atoms with van der Waals surface area (Å²) in [7, 11) is 0. The van der Waals surface area contributed by atoms with Gasteiger partial charge in [0.1, 0.15) is 0 Å². The Labute approximate surface area is 78.8 Å². The highest BCUT2D eigenvalue weighted by molar-refractivity contribution is 4.63. The van der Waals surface area contributed by atoms with Gasteiger partial charge in [-0.2, -0.15) is 0 Å². The third-order valence-corrected chi connectivity index (χ3v) is 2.69. The molecule has 0 saturated heterocycles. The Morgan fingerprint density at radius 2 is 1.50 bits per heavy atom. The smallest absolute Gasteiger partial charge is 0.0383 e. The molecule has 0 amide bonds. The second-order valence-electron chi connectivity index (χ2n) is 5.14. The third-order valence-electron chi connectivity index (χ3n) is 2.69. The van der Waals surface area contributed by atoms with Crippen molar-refractivity contribution in [1.29, 1.82) is 0 Å². The van der Waals surface area contributed by atoms with Gasteiger partial charge in [0.15, 0.2) is 0 Å². The van der Waals surface area contributed by atoms with Gasteiger partial charge in [-0.25, -0.2) is 0 Å². The summed E-state index contributed by atoms with van der Waals surface area (Å²) in [6, 6.07) is 0. The molecular formula is C12H26. The monoisotopic (exact) mass is 170 g/mol. The van der Waals surface area contributed by atoms with Gasteiger partial charge in [0, 0.05) is 0 Å². The molecule has 0 aliphatic heterocycles. The van der Waals surface area contributed by atoms with E-state index in [1.165, 1.54) is 32.1 Å². The molecule has 0 aliphatic rings. The van der Waals surface area contributed by atoms with Gasteiger partial charge >= 0.3 is 0 Å². The van der Waals surface area contributed by atoms with Crippen molar-refractivity contribution < 1.29 is 0 Å². The van der Waals surface area contributed by atoms with Crippen molar-refractivity contribution in [1.82, 2.24) is 0 Å². The Balaban J connectivity index is 3.41. The van der Waals surface area contributed by atoms with Gasteiger partial charge < -0.3 is 0 Å². The minimum Gasteiger partial charge on any atom is -0.0651 e. The van der Waals surface area contributed by atoms with Gasteiger partial charge in [-0.3, -0.25) is 0 Å². The molecule has 0 radical (unpaired) electrons. The van der Waals surface area contributed by atoms with Crippen molar-refractivity contribution >= 4 is 0 Å². The summed E-state index contributed by atoms with van der Waals surface area (Å²) in [6.45, 7) is 11.6. The molecule has 0 aromatic heterocycles. The molecule has 0 heteroatoms. The standard InChI is InChI=1S/C12H26/c1-6-11(7-2)9-8-10-12(3,4)5/h11H,6-10H2,1-5H3. The van der Waals surface area contributed by atoms with E-state index >= 15 is 0 Å². The summed E-state index contributed by atoms with van der Waals surface area (Å²) < 4.78 is 0. The van der Waals surface area contributed by atoms with Crippen LogP contribution in [0.15, 0.2) is 0 Å². The topological polar surface area (TPSA) is 0 Å². The summed E-state index contributed by atoms with van der Waals surface area (Å²) in [6.07, 6.45) is 6.95.